The van der Waals surface area contributed by atoms with Gasteiger partial charge in [-0.25, -0.2) is 4.79 Å². The van der Waals surface area contributed by atoms with Gasteiger partial charge in [-0.1, -0.05) is 18.2 Å². The van der Waals surface area contributed by atoms with Gasteiger partial charge in [0.15, 0.2) is 0 Å². The van der Waals surface area contributed by atoms with Crippen molar-refractivity contribution in [1.29, 1.82) is 0 Å². The summed E-state index contributed by atoms with van der Waals surface area (Å²) in [5, 5.41) is 4.23. The maximum Gasteiger partial charge on any atom is 0.317 e. The Morgan fingerprint density at radius 3 is 2.92 bits per heavy atom. The Bertz CT molecular complexity index is 740. The maximum atomic E-state index is 12.3. The predicted octanol–water partition coefficient (Wildman–Crippen LogP) is 2.33. The molecule has 25 heavy (non-hydrogen) atoms. The largest absolute Gasteiger partial charge is 0.370 e. The minimum atomic E-state index is -0.286. The van der Waals surface area contributed by atoms with Crippen LogP contribution in [0.4, 0.5) is 4.79 Å². The highest BCUT2D eigenvalue weighted by Crippen LogP contribution is 2.19. The highest BCUT2D eigenvalue weighted by Gasteiger charge is 2.24. The summed E-state index contributed by atoms with van der Waals surface area (Å²) in [6.07, 6.45) is 5.23. The van der Waals surface area contributed by atoms with E-state index in [4.69, 9.17) is 5.73 Å². The number of primary amides is 1. The van der Waals surface area contributed by atoms with Gasteiger partial charge in [-0.05, 0) is 42.7 Å². The molecule has 3 rings (SSSR count). The molecule has 6 nitrogen and oxygen atoms in total. The van der Waals surface area contributed by atoms with Crippen LogP contribution < -0.4 is 11.1 Å². The lowest BCUT2D eigenvalue weighted by Gasteiger charge is -2.32. The van der Waals surface area contributed by atoms with Crippen molar-refractivity contribution >= 4 is 22.8 Å². The third kappa shape index (κ3) is 4.53. The molecule has 1 aromatic carbocycles. The SMILES string of the molecule is NC(=O)C[C@H]1CCCN(C(=O)NCCCn2ccc3ccccc32)C1. The topological polar surface area (TPSA) is 80.4 Å². The van der Waals surface area contributed by atoms with Crippen molar-refractivity contribution in [3.8, 4) is 0 Å². The van der Waals surface area contributed by atoms with Gasteiger partial charge in [0.25, 0.3) is 0 Å². The van der Waals surface area contributed by atoms with Crippen LogP contribution in [0.15, 0.2) is 36.5 Å². The smallest absolute Gasteiger partial charge is 0.317 e. The molecule has 0 bridgehead atoms. The van der Waals surface area contributed by atoms with Crippen molar-refractivity contribution in [3.05, 3.63) is 36.5 Å². The number of piperidine rings is 1. The second-order valence-electron chi connectivity index (χ2n) is 6.78. The number of urea groups is 1. The van der Waals surface area contributed by atoms with Crippen LogP contribution in [0, 0.1) is 5.92 Å². The summed E-state index contributed by atoms with van der Waals surface area (Å²) in [6, 6.07) is 10.4. The summed E-state index contributed by atoms with van der Waals surface area (Å²) in [6.45, 7) is 2.89. The molecule has 1 aromatic heterocycles. The maximum absolute atomic E-state index is 12.3. The molecule has 1 saturated heterocycles. The fourth-order valence-corrected chi connectivity index (χ4v) is 3.59. The number of amides is 3. The van der Waals surface area contributed by atoms with Gasteiger partial charge in [-0.15, -0.1) is 0 Å². The summed E-state index contributed by atoms with van der Waals surface area (Å²) in [7, 11) is 0. The number of para-hydroxylation sites is 1. The number of aryl methyl sites for hydroxylation is 1. The lowest BCUT2D eigenvalue weighted by molar-refractivity contribution is -0.119. The van der Waals surface area contributed by atoms with Crippen LogP contribution in [0.25, 0.3) is 10.9 Å². The first-order valence-electron chi connectivity index (χ1n) is 8.98. The molecule has 6 heteroatoms. The van der Waals surface area contributed by atoms with E-state index in [-0.39, 0.29) is 17.9 Å². The van der Waals surface area contributed by atoms with Crippen LogP contribution in [0.3, 0.4) is 0 Å². The van der Waals surface area contributed by atoms with Gasteiger partial charge in [0.1, 0.15) is 0 Å². The van der Waals surface area contributed by atoms with E-state index in [1.165, 1.54) is 10.9 Å². The fourth-order valence-electron chi connectivity index (χ4n) is 3.59. The summed E-state index contributed by atoms with van der Waals surface area (Å²) >= 11 is 0. The second kappa shape index (κ2) is 8.05. The van der Waals surface area contributed by atoms with Crippen molar-refractivity contribution < 1.29 is 9.59 Å². The minimum Gasteiger partial charge on any atom is -0.370 e. The quantitative estimate of drug-likeness (QED) is 0.790. The number of nitrogens with zero attached hydrogens (tertiary/aromatic N) is 2. The lowest BCUT2D eigenvalue weighted by Crippen LogP contribution is -2.46. The van der Waals surface area contributed by atoms with Crippen molar-refractivity contribution in [2.24, 2.45) is 11.7 Å². The average molecular weight is 342 g/mol. The Kier molecular flexibility index (Phi) is 5.58. The Morgan fingerprint density at radius 2 is 2.08 bits per heavy atom. The molecule has 2 heterocycles. The van der Waals surface area contributed by atoms with Gasteiger partial charge in [-0.2, -0.15) is 0 Å². The third-order valence-corrected chi connectivity index (χ3v) is 4.83. The molecular weight excluding hydrogens is 316 g/mol. The van der Waals surface area contributed by atoms with Crippen molar-refractivity contribution in [2.75, 3.05) is 19.6 Å². The third-order valence-electron chi connectivity index (χ3n) is 4.83. The normalized spacial score (nSPS) is 17.6. The highest BCUT2D eigenvalue weighted by molar-refractivity contribution is 5.80. The number of benzene rings is 1. The fraction of sp³-hybridized carbons (Fsp3) is 0.474. The van der Waals surface area contributed by atoms with Gasteiger partial charge < -0.3 is 20.5 Å². The summed E-state index contributed by atoms with van der Waals surface area (Å²) in [5.74, 6) is -0.0885. The number of rotatable bonds is 6. The highest BCUT2D eigenvalue weighted by atomic mass is 16.2. The van der Waals surface area contributed by atoms with E-state index < -0.39 is 0 Å². The Hall–Kier alpha value is -2.50. The molecule has 1 atom stereocenters. The molecule has 0 spiro atoms. The zero-order chi connectivity index (χ0) is 17.6. The summed E-state index contributed by atoms with van der Waals surface area (Å²) < 4.78 is 2.21. The van der Waals surface area contributed by atoms with Gasteiger partial charge in [-0.3, -0.25) is 4.79 Å². The van der Waals surface area contributed by atoms with Crippen molar-refractivity contribution in [3.63, 3.8) is 0 Å². The van der Waals surface area contributed by atoms with E-state index in [0.717, 1.165) is 32.4 Å². The first-order chi connectivity index (χ1) is 12.1. The van der Waals surface area contributed by atoms with E-state index in [1.54, 1.807) is 0 Å². The van der Waals surface area contributed by atoms with Gasteiger partial charge in [0, 0.05) is 44.3 Å². The van der Waals surface area contributed by atoms with Crippen LogP contribution in [0.1, 0.15) is 25.7 Å². The second-order valence-corrected chi connectivity index (χ2v) is 6.78. The lowest BCUT2D eigenvalue weighted by atomic mass is 9.95. The van der Waals surface area contributed by atoms with Gasteiger partial charge in [0.05, 0.1) is 0 Å². The number of likely N-dealkylation sites (tertiary alicyclic amines) is 1. The number of carbonyl (C=O) groups excluding carboxylic acids is 2. The van der Waals surface area contributed by atoms with Gasteiger partial charge >= 0.3 is 6.03 Å². The molecule has 0 saturated carbocycles. The molecule has 0 aliphatic carbocycles. The number of fused-ring (bicyclic) bond motifs is 1. The van der Waals surface area contributed by atoms with Crippen molar-refractivity contribution in [2.45, 2.75) is 32.2 Å². The number of nitrogens with one attached hydrogen (secondary N) is 1. The van der Waals surface area contributed by atoms with Crippen LogP contribution in [0.2, 0.25) is 0 Å². The summed E-state index contributed by atoms with van der Waals surface area (Å²) in [5.41, 5.74) is 6.49. The number of hydrogen-bond acceptors (Lipinski definition) is 2. The first kappa shape index (κ1) is 17.3. The first-order valence-corrected chi connectivity index (χ1v) is 8.98. The Labute approximate surface area is 148 Å². The molecule has 3 amide bonds. The van der Waals surface area contributed by atoms with Crippen molar-refractivity contribution in [1.82, 2.24) is 14.8 Å². The standard InChI is InChI=1S/C19H26N4O2/c20-18(24)13-15-5-3-10-23(14-15)19(25)21-9-4-11-22-12-8-16-6-1-2-7-17(16)22/h1-2,6-8,12,15H,3-5,9-11,13-14H2,(H2,20,24)(H,21,25)/t15-/m1/s1. The van der Waals surface area contributed by atoms with E-state index in [0.29, 0.717) is 19.5 Å². The minimum absolute atomic E-state index is 0.0356. The molecular formula is C19H26N4O2. The molecule has 0 unspecified atom stereocenters. The van der Waals surface area contributed by atoms with E-state index in [2.05, 4.69) is 34.3 Å². The Balaban J connectivity index is 1.42. The van der Waals surface area contributed by atoms with Crippen LogP contribution >= 0.6 is 0 Å². The van der Waals surface area contributed by atoms with Crippen LogP contribution in [-0.2, 0) is 11.3 Å². The zero-order valence-electron chi connectivity index (χ0n) is 14.5. The Morgan fingerprint density at radius 1 is 1.24 bits per heavy atom. The molecule has 1 fully saturated rings. The van der Waals surface area contributed by atoms with E-state index in [9.17, 15) is 9.59 Å². The van der Waals surface area contributed by atoms with E-state index in [1.807, 2.05) is 17.0 Å². The number of nitrogens with two attached hydrogens (primary N) is 1. The van der Waals surface area contributed by atoms with E-state index >= 15 is 0 Å². The zero-order valence-corrected chi connectivity index (χ0v) is 14.5. The number of carbonyl (C=O) groups is 2. The van der Waals surface area contributed by atoms with Crippen LogP contribution in [-0.4, -0.2) is 41.0 Å². The molecule has 3 N–H and O–H groups in total. The number of aromatic nitrogens is 1. The van der Waals surface area contributed by atoms with Gasteiger partial charge in [0.2, 0.25) is 5.91 Å². The monoisotopic (exact) mass is 342 g/mol. The molecule has 134 valence electrons. The average Bonchev–Trinajstić information content (AvgIpc) is 3.01. The summed E-state index contributed by atoms with van der Waals surface area (Å²) in [4.78, 5) is 25.2. The molecule has 1 aliphatic heterocycles. The number of hydrogen-bond donors (Lipinski definition) is 2. The molecule has 1 aliphatic rings. The predicted molar refractivity (Wildman–Crippen MR) is 98.1 cm³/mol. The molecule has 0 radical (unpaired) electrons. The molecule has 2 aromatic rings. The van der Waals surface area contributed by atoms with Crippen LogP contribution in [0.5, 0.6) is 0 Å².